The molecule has 0 saturated carbocycles. The van der Waals surface area contributed by atoms with Gasteiger partial charge in [0.15, 0.2) is 0 Å². The molecule has 1 aliphatic rings. The molecule has 26 heavy (non-hydrogen) atoms. The Labute approximate surface area is 158 Å². The van der Waals surface area contributed by atoms with Gasteiger partial charge < -0.3 is 10.1 Å². The summed E-state index contributed by atoms with van der Waals surface area (Å²) in [6, 6.07) is 6.34. The van der Waals surface area contributed by atoms with Crippen molar-refractivity contribution < 1.29 is 9.53 Å². The molecular formula is C19H26N4O2S. The first-order chi connectivity index (χ1) is 12.2. The van der Waals surface area contributed by atoms with Crippen LogP contribution in [0.15, 0.2) is 18.2 Å². The monoisotopic (exact) mass is 374 g/mol. The van der Waals surface area contributed by atoms with Crippen LogP contribution in [0.4, 0.5) is 9.93 Å². The number of hydrogen-bond acceptors (Lipinski definition) is 6. The van der Waals surface area contributed by atoms with E-state index in [1.165, 1.54) is 22.7 Å². The van der Waals surface area contributed by atoms with Gasteiger partial charge in [-0.2, -0.15) is 4.37 Å². The van der Waals surface area contributed by atoms with Crippen LogP contribution in [-0.4, -0.2) is 26.0 Å². The van der Waals surface area contributed by atoms with Gasteiger partial charge in [0, 0.05) is 37.1 Å². The summed E-state index contributed by atoms with van der Waals surface area (Å²) in [5, 5.41) is 4.17. The number of hydrogen-bond donors (Lipinski definition) is 1. The Morgan fingerprint density at radius 1 is 1.31 bits per heavy atom. The Morgan fingerprint density at radius 2 is 2.04 bits per heavy atom. The van der Waals surface area contributed by atoms with Crippen LogP contribution in [0.1, 0.15) is 63.1 Å². The molecule has 1 amide bonds. The lowest BCUT2D eigenvalue weighted by Crippen LogP contribution is -2.33. The average molecular weight is 375 g/mol. The highest BCUT2D eigenvalue weighted by Crippen LogP contribution is 2.26. The summed E-state index contributed by atoms with van der Waals surface area (Å²) < 4.78 is 9.83. The van der Waals surface area contributed by atoms with E-state index >= 15 is 0 Å². The highest BCUT2D eigenvalue weighted by atomic mass is 32.1. The molecule has 140 valence electrons. The summed E-state index contributed by atoms with van der Waals surface area (Å²) in [6.07, 6.45) is -0.261. The molecule has 0 aliphatic carbocycles. The zero-order chi connectivity index (χ0) is 18.9. The highest BCUT2D eigenvalue weighted by Gasteiger charge is 2.27. The number of anilines is 1. The van der Waals surface area contributed by atoms with Crippen LogP contribution in [0, 0.1) is 0 Å². The minimum atomic E-state index is -0.475. The van der Waals surface area contributed by atoms with Gasteiger partial charge in [-0.3, -0.25) is 4.90 Å². The third kappa shape index (κ3) is 4.52. The lowest BCUT2D eigenvalue weighted by atomic mass is 10.1. The second-order valence-corrected chi connectivity index (χ2v) is 8.66. The number of ether oxygens (including phenoxy) is 1. The van der Waals surface area contributed by atoms with E-state index in [2.05, 4.69) is 46.7 Å². The first-order valence-corrected chi connectivity index (χ1v) is 9.64. The topological polar surface area (TPSA) is 67.4 Å². The Hall–Kier alpha value is -2.15. The van der Waals surface area contributed by atoms with E-state index in [1.807, 2.05) is 20.8 Å². The minimum absolute atomic E-state index is 0.261. The van der Waals surface area contributed by atoms with Gasteiger partial charge in [0.25, 0.3) is 0 Å². The molecule has 0 unspecified atom stereocenters. The molecule has 0 fully saturated rings. The van der Waals surface area contributed by atoms with Gasteiger partial charge in [0.05, 0.1) is 0 Å². The van der Waals surface area contributed by atoms with Crippen molar-refractivity contribution in [3.63, 3.8) is 0 Å². The molecule has 3 rings (SSSR count). The molecule has 1 aromatic heterocycles. The number of fused-ring (bicyclic) bond motifs is 1. The predicted octanol–water partition coefficient (Wildman–Crippen LogP) is 4.52. The van der Waals surface area contributed by atoms with E-state index in [9.17, 15) is 4.79 Å². The Morgan fingerprint density at radius 3 is 2.69 bits per heavy atom. The third-order valence-electron chi connectivity index (χ3n) is 4.05. The summed E-state index contributed by atoms with van der Waals surface area (Å²) in [6.45, 7) is 11.7. The first-order valence-electron chi connectivity index (χ1n) is 8.87. The Bertz CT molecular complexity index is 795. The van der Waals surface area contributed by atoms with E-state index in [0.717, 1.165) is 16.5 Å². The highest BCUT2D eigenvalue weighted by molar-refractivity contribution is 7.09. The molecule has 1 aromatic carbocycles. The fourth-order valence-electron chi connectivity index (χ4n) is 2.73. The average Bonchev–Trinajstić information content (AvgIpc) is 3.17. The van der Waals surface area contributed by atoms with Crippen molar-refractivity contribution in [2.75, 3.05) is 5.32 Å². The quantitative estimate of drug-likeness (QED) is 0.852. The maximum Gasteiger partial charge on any atom is 0.410 e. The van der Waals surface area contributed by atoms with E-state index in [1.54, 1.807) is 4.90 Å². The maximum atomic E-state index is 12.3. The van der Waals surface area contributed by atoms with Gasteiger partial charge >= 0.3 is 6.09 Å². The van der Waals surface area contributed by atoms with Gasteiger partial charge in [-0.25, -0.2) is 9.78 Å². The summed E-state index contributed by atoms with van der Waals surface area (Å²) in [7, 11) is 0. The molecule has 2 heterocycles. The van der Waals surface area contributed by atoms with Crippen molar-refractivity contribution in [3.05, 3.63) is 40.7 Å². The van der Waals surface area contributed by atoms with Crippen LogP contribution in [0.2, 0.25) is 0 Å². The van der Waals surface area contributed by atoms with Crippen LogP contribution in [0.25, 0.3) is 0 Å². The largest absolute Gasteiger partial charge is 0.444 e. The third-order valence-corrected chi connectivity index (χ3v) is 4.73. The molecule has 0 bridgehead atoms. The zero-order valence-electron chi connectivity index (χ0n) is 16.0. The van der Waals surface area contributed by atoms with Crippen LogP contribution in [0.5, 0.6) is 0 Å². The molecule has 7 heteroatoms. The number of carbonyl (C=O) groups excluding carboxylic acids is 1. The molecule has 0 atom stereocenters. The Balaban J connectivity index is 1.60. The summed E-state index contributed by atoms with van der Waals surface area (Å²) in [5.74, 6) is 1.21. The number of nitrogens with zero attached hydrogens (tertiary/aromatic N) is 3. The number of aromatic nitrogens is 2. The van der Waals surface area contributed by atoms with Crippen molar-refractivity contribution in [3.8, 4) is 0 Å². The first kappa shape index (κ1) is 18.6. The van der Waals surface area contributed by atoms with Crippen molar-refractivity contribution in [1.82, 2.24) is 14.3 Å². The summed E-state index contributed by atoms with van der Waals surface area (Å²) in [5.41, 5.74) is 3.04. The number of benzene rings is 1. The predicted molar refractivity (Wildman–Crippen MR) is 103 cm³/mol. The van der Waals surface area contributed by atoms with Gasteiger partial charge in [-0.15, -0.1) is 0 Å². The molecule has 0 saturated heterocycles. The number of carbonyl (C=O) groups is 1. The van der Waals surface area contributed by atoms with Gasteiger partial charge in [-0.05, 0) is 37.5 Å². The fourth-order valence-corrected chi connectivity index (χ4v) is 3.43. The lowest BCUT2D eigenvalue weighted by molar-refractivity contribution is 0.0242. The molecule has 1 aliphatic heterocycles. The second kappa shape index (κ2) is 7.23. The van der Waals surface area contributed by atoms with Gasteiger partial charge in [0.1, 0.15) is 11.4 Å². The van der Waals surface area contributed by atoms with E-state index in [4.69, 9.17) is 4.74 Å². The van der Waals surface area contributed by atoms with Crippen molar-refractivity contribution >= 4 is 22.8 Å². The van der Waals surface area contributed by atoms with Gasteiger partial charge in [-0.1, -0.05) is 32.0 Å². The molecular weight excluding hydrogens is 348 g/mol. The molecule has 0 radical (unpaired) electrons. The normalized spacial score (nSPS) is 13.8. The molecule has 6 nitrogen and oxygen atoms in total. The summed E-state index contributed by atoms with van der Waals surface area (Å²) in [4.78, 5) is 18.5. The van der Waals surface area contributed by atoms with Crippen LogP contribution in [0.3, 0.4) is 0 Å². The van der Waals surface area contributed by atoms with Crippen molar-refractivity contribution in [1.29, 1.82) is 0 Å². The number of nitrogens with one attached hydrogen (secondary N) is 1. The SMILES string of the molecule is CC(C)c1nsc(NCc2ccc3c(c2)CN(C(=O)OC(C)(C)C)C3)n1. The zero-order valence-corrected chi connectivity index (χ0v) is 16.8. The molecule has 0 spiro atoms. The maximum absolute atomic E-state index is 12.3. The fraction of sp³-hybridized carbons (Fsp3) is 0.526. The van der Waals surface area contributed by atoms with Crippen molar-refractivity contribution in [2.24, 2.45) is 0 Å². The standard InChI is InChI=1S/C19H26N4O2S/c1-12(2)16-21-17(26-22-16)20-9-13-6-7-14-10-23(11-15(14)8-13)18(24)25-19(3,4)5/h6-8,12H,9-11H2,1-5H3,(H,20,21,22). The minimum Gasteiger partial charge on any atom is -0.444 e. The Kier molecular flexibility index (Phi) is 5.18. The van der Waals surface area contributed by atoms with Crippen LogP contribution < -0.4 is 5.32 Å². The number of rotatable bonds is 4. The smallest absolute Gasteiger partial charge is 0.410 e. The van der Waals surface area contributed by atoms with E-state index < -0.39 is 5.60 Å². The summed E-state index contributed by atoms with van der Waals surface area (Å²) >= 11 is 1.39. The van der Waals surface area contributed by atoms with Crippen LogP contribution in [-0.2, 0) is 24.4 Å². The number of amides is 1. The van der Waals surface area contributed by atoms with Gasteiger partial charge in [0.2, 0.25) is 5.13 Å². The van der Waals surface area contributed by atoms with Crippen molar-refractivity contribution in [2.45, 2.75) is 65.8 Å². The second-order valence-electron chi connectivity index (χ2n) is 7.91. The van der Waals surface area contributed by atoms with E-state index in [0.29, 0.717) is 25.6 Å². The molecule has 1 N–H and O–H groups in total. The lowest BCUT2D eigenvalue weighted by Gasteiger charge is -2.24. The van der Waals surface area contributed by atoms with E-state index in [-0.39, 0.29) is 6.09 Å². The molecule has 2 aromatic rings. The van der Waals surface area contributed by atoms with Crippen LogP contribution >= 0.6 is 11.5 Å².